The lowest BCUT2D eigenvalue weighted by molar-refractivity contribution is -0.222. The van der Waals surface area contributed by atoms with E-state index in [-0.39, 0.29) is 26.3 Å². The van der Waals surface area contributed by atoms with Crippen molar-refractivity contribution in [1.29, 1.82) is 0 Å². The molecular formula is C30H36F10N2O10. The summed E-state index contributed by atoms with van der Waals surface area (Å²) in [6, 6.07) is 0. The van der Waals surface area contributed by atoms with Gasteiger partial charge in [-0.25, -0.2) is 43.9 Å². The summed E-state index contributed by atoms with van der Waals surface area (Å²) in [6.45, 7) is -1.59. The number of ether oxygens (including phenoxy) is 5. The van der Waals surface area contributed by atoms with Gasteiger partial charge in [-0.3, -0.25) is 9.59 Å². The largest absolute Gasteiger partial charge is 0.394 e. The number of amides is 2. The van der Waals surface area contributed by atoms with Gasteiger partial charge >= 0.3 is 0 Å². The monoisotopic (exact) mass is 774 g/mol. The van der Waals surface area contributed by atoms with Crippen molar-refractivity contribution in [2.75, 3.05) is 54.2 Å². The Morgan fingerprint density at radius 2 is 1.10 bits per heavy atom. The molecule has 2 aromatic carbocycles. The molecule has 1 aliphatic rings. The van der Waals surface area contributed by atoms with Crippen LogP contribution in [-0.2, 0) is 46.1 Å². The van der Waals surface area contributed by atoms with Gasteiger partial charge in [-0.15, -0.1) is 0 Å². The first-order valence-electron chi connectivity index (χ1n) is 14.8. The minimum atomic E-state index is -2.26. The van der Waals surface area contributed by atoms with Crippen LogP contribution < -0.4 is 10.6 Å². The predicted molar refractivity (Wildman–Crippen MR) is 155 cm³/mol. The van der Waals surface area contributed by atoms with Crippen molar-refractivity contribution < 1.29 is 92.5 Å². The standard InChI is InChI=1S/C14H14F5NO4.C12H12F5NO3.C4H10O3/c1-22-14-23-5-6(24-14)4-20-8(21)3-2-7-9(15)11(17)13(19)12(18)10(7)16;13-8-6(9(14)11(16)12(17)10(8)15)1-2-7(21)18-3-5(20)4-19;1-6-4(3-5)7-2/h6,14H,2-5H2,1H3,(H,20,21);5,19-20H,1-4H2,(H,18,21);4-5H,3H2,1-2H3. The molecule has 3 rings (SSSR count). The van der Waals surface area contributed by atoms with Gasteiger partial charge in [-0.1, -0.05) is 0 Å². The number of methoxy groups -OCH3 is 3. The van der Waals surface area contributed by atoms with Crippen LogP contribution in [-0.4, -0.2) is 106 Å². The molecule has 2 amide bonds. The van der Waals surface area contributed by atoms with Crippen molar-refractivity contribution in [2.45, 2.75) is 50.7 Å². The van der Waals surface area contributed by atoms with Crippen LogP contribution in [0.25, 0.3) is 0 Å². The van der Waals surface area contributed by atoms with E-state index >= 15 is 0 Å². The van der Waals surface area contributed by atoms with E-state index in [0.29, 0.717) is 0 Å². The zero-order valence-corrected chi connectivity index (χ0v) is 27.7. The van der Waals surface area contributed by atoms with E-state index in [2.05, 4.69) is 20.1 Å². The van der Waals surface area contributed by atoms with Crippen molar-refractivity contribution in [3.8, 4) is 0 Å². The predicted octanol–water partition coefficient (Wildman–Crippen LogP) is 2.16. The Bertz CT molecular complexity index is 1410. The Labute approximate surface area is 289 Å². The Morgan fingerprint density at radius 3 is 1.42 bits per heavy atom. The summed E-state index contributed by atoms with van der Waals surface area (Å²) in [7, 11) is 4.32. The topological polar surface area (TPSA) is 165 Å². The molecule has 0 spiro atoms. The number of aliphatic hydroxyl groups excluding tert-OH is 3. The SMILES string of the molecule is COC(CO)OC.COC1OCC(CNC(=O)CCc2c(F)c(F)c(F)c(F)c2F)O1.O=C(CCc1c(F)c(F)c(F)c(F)c1F)NCC(O)CO. The van der Waals surface area contributed by atoms with Crippen LogP contribution >= 0.6 is 0 Å². The molecule has 52 heavy (non-hydrogen) atoms. The first kappa shape index (κ1) is 46.4. The van der Waals surface area contributed by atoms with Crippen LogP contribution in [0.1, 0.15) is 24.0 Å². The van der Waals surface area contributed by atoms with Gasteiger partial charge in [0.2, 0.25) is 23.4 Å². The van der Waals surface area contributed by atoms with Crippen molar-refractivity contribution in [2.24, 2.45) is 0 Å². The number of aliphatic hydroxyl groups is 3. The molecule has 0 aromatic heterocycles. The lowest BCUT2D eigenvalue weighted by Crippen LogP contribution is -2.34. The van der Waals surface area contributed by atoms with Crippen molar-refractivity contribution in [1.82, 2.24) is 10.6 Å². The molecule has 2 aromatic rings. The Kier molecular flexibility index (Phi) is 20.6. The maximum Gasteiger partial charge on any atom is 0.271 e. The fourth-order valence-corrected chi connectivity index (χ4v) is 3.81. The summed E-state index contributed by atoms with van der Waals surface area (Å²) in [4.78, 5) is 22.9. The molecule has 1 fully saturated rings. The molecule has 22 heteroatoms. The zero-order chi connectivity index (χ0) is 39.7. The van der Waals surface area contributed by atoms with E-state index in [1.54, 1.807) is 0 Å². The van der Waals surface area contributed by atoms with Crippen molar-refractivity contribution in [3.05, 3.63) is 69.3 Å². The third kappa shape index (κ3) is 13.7. The molecular weight excluding hydrogens is 738 g/mol. The van der Waals surface area contributed by atoms with E-state index in [9.17, 15) is 53.5 Å². The van der Waals surface area contributed by atoms with Crippen LogP contribution in [0, 0.1) is 58.2 Å². The molecule has 1 heterocycles. The van der Waals surface area contributed by atoms with Gasteiger partial charge in [-0.2, -0.15) is 0 Å². The molecule has 1 saturated heterocycles. The van der Waals surface area contributed by atoms with E-state index < -0.39 is 138 Å². The van der Waals surface area contributed by atoms with Crippen LogP contribution in [0.3, 0.4) is 0 Å². The van der Waals surface area contributed by atoms with E-state index in [4.69, 9.17) is 29.5 Å². The number of hydrogen-bond donors (Lipinski definition) is 5. The Balaban J connectivity index is 0.000000443. The highest BCUT2D eigenvalue weighted by Gasteiger charge is 2.28. The molecule has 0 radical (unpaired) electrons. The second-order valence-electron chi connectivity index (χ2n) is 10.2. The van der Waals surface area contributed by atoms with E-state index in [1.807, 2.05) is 0 Å². The van der Waals surface area contributed by atoms with Crippen LogP contribution in [0.4, 0.5) is 43.9 Å². The Morgan fingerprint density at radius 1 is 0.692 bits per heavy atom. The molecule has 0 bridgehead atoms. The summed E-state index contributed by atoms with van der Waals surface area (Å²) < 4.78 is 155. The molecule has 0 saturated carbocycles. The molecule has 296 valence electrons. The fraction of sp³-hybridized carbons (Fsp3) is 0.533. The summed E-state index contributed by atoms with van der Waals surface area (Å²) in [6.07, 6.45) is -4.47. The smallest absolute Gasteiger partial charge is 0.271 e. The van der Waals surface area contributed by atoms with Gasteiger partial charge < -0.3 is 49.6 Å². The van der Waals surface area contributed by atoms with E-state index in [1.165, 1.54) is 21.3 Å². The van der Waals surface area contributed by atoms with Crippen LogP contribution in [0.15, 0.2) is 0 Å². The third-order valence-corrected chi connectivity index (χ3v) is 6.67. The van der Waals surface area contributed by atoms with Crippen molar-refractivity contribution >= 4 is 11.8 Å². The van der Waals surface area contributed by atoms with Gasteiger partial charge in [0.05, 0.1) is 25.9 Å². The van der Waals surface area contributed by atoms with Gasteiger partial charge in [0.1, 0.15) is 6.10 Å². The molecule has 3 atom stereocenters. The maximum absolute atomic E-state index is 13.5. The highest BCUT2D eigenvalue weighted by molar-refractivity contribution is 5.76. The minimum absolute atomic E-state index is 0.0514. The summed E-state index contributed by atoms with van der Waals surface area (Å²) in [5.41, 5.74) is -2.11. The van der Waals surface area contributed by atoms with Crippen molar-refractivity contribution in [3.63, 3.8) is 0 Å². The van der Waals surface area contributed by atoms with E-state index in [0.717, 1.165) is 0 Å². The maximum atomic E-state index is 13.5. The summed E-state index contributed by atoms with van der Waals surface area (Å²) in [5, 5.41) is 30.3. The molecule has 3 unspecified atom stereocenters. The second-order valence-corrected chi connectivity index (χ2v) is 10.2. The highest BCUT2D eigenvalue weighted by atomic mass is 19.2. The number of benzene rings is 2. The average molecular weight is 775 g/mol. The third-order valence-electron chi connectivity index (χ3n) is 6.67. The molecule has 12 nitrogen and oxygen atoms in total. The van der Waals surface area contributed by atoms with Crippen LogP contribution in [0.2, 0.25) is 0 Å². The normalized spacial score (nSPS) is 15.8. The number of nitrogens with one attached hydrogen (secondary N) is 2. The minimum Gasteiger partial charge on any atom is -0.394 e. The number of carbonyl (C=O) groups is 2. The second kappa shape index (κ2) is 23.1. The number of carbonyl (C=O) groups excluding carboxylic acids is 2. The fourth-order valence-electron chi connectivity index (χ4n) is 3.81. The van der Waals surface area contributed by atoms with Gasteiger partial charge in [0.15, 0.2) is 52.8 Å². The Hall–Kier alpha value is -3.64. The number of hydrogen-bond acceptors (Lipinski definition) is 10. The molecule has 5 N–H and O–H groups in total. The first-order chi connectivity index (χ1) is 24.5. The quantitative estimate of drug-likeness (QED) is 0.0785. The van der Waals surface area contributed by atoms with Gasteiger partial charge in [0.25, 0.3) is 6.48 Å². The lowest BCUT2D eigenvalue weighted by Gasteiger charge is -2.11. The number of rotatable bonds is 15. The summed E-state index contributed by atoms with van der Waals surface area (Å²) in [5.74, 6) is -21.9. The molecule has 0 aliphatic carbocycles. The summed E-state index contributed by atoms with van der Waals surface area (Å²) >= 11 is 0. The van der Waals surface area contributed by atoms with Crippen LogP contribution in [0.5, 0.6) is 0 Å². The van der Waals surface area contributed by atoms with Gasteiger partial charge in [0, 0.05) is 58.4 Å². The molecule has 1 aliphatic heterocycles. The average Bonchev–Trinajstić information content (AvgIpc) is 3.62. The lowest BCUT2D eigenvalue weighted by atomic mass is 10.1. The zero-order valence-electron chi connectivity index (χ0n) is 27.7. The number of halogens is 10. The highest BCUT2D eigenvalue weighted by Crippen LogP contribution is 2.25. The first-order valence-corrected chi connectivity index (χ1v) is 14.8. The van der Waals surface area contributed by atoms with Gasteiger partial charge in [-0.05, 0) is 12.8 Å².